The molecule has 0 fully saturated rings. The Labute approximate surface area is 103 Å². The highest BCUT2D eigenvalue weighted by atomic mass is 32.2. The molecule has 1 heterocycles. The molecule has 17 heavy (non-hydrogen) atoms. The molecule has 2 N–H and O–H groups in total. The van der Waals surface area contributed by atoms with Crippen molar-refractivity contribution in [2.24, 2.45) is 5.73 Å². The predicted octanol–water partition coefficient (Wildman–Crippen LogP) is 1.23. The van der Waals surface area contributed by atoms with E-state index in [9.17, 15) is 4.79 Å². The van der Waals surface area contributed by atoms with E-state index in [0.29, 0.717) is 5.16 Å². The molecule has 6 heteroatoms. The molecule has 2 aromatic rings. The highest BCUT2D eigenvalue weighted by Crippen LogP contribution is 2.19. The lowest BCUT2D eigenvalue weighted by Crippen LogP contribution is -2.22. The number of primary amides is 1. The van der Waals surface area contributed by atoms with Gasteiger partial charge in [-0.1, -0.05) is 30.0 Å². The molecule has 0 aliphatic rings. The first kappa shape index (κ1) is 11.7. The van der Waals surface area contributed by atoms with Gasteiger partial charge in [-0.2, -0.15) is 0 Å². The number of hydrogen-bond donors (Lipinski definition) is 1. The number of nitrogens with zero attached hydrogens (tertiary/aromatic N) is 3. The van der Waals surface area contributed by atoms with E-state index in [1.807, 2.05) is 30.3 Å². The molecule has 1 atom stereocenters. The van der Waals surface area contributed by atoms with Crippen LogP contribution in [-0.4, -0.2) is 25.9 Å². The first-order chi connectivity index (χ1) is 8.16. The molecule has 0 radical (unpaired) electrons. The van der Waals surface area contributed by atoms with Crippen LogP contribution in [-0.2, 0) is 4.79 Å². The van der Waals surface area contributed by atoms with Crippen LogP contribution in [0.3, 0.4) is 0 Å². The predicted molar refractivity (Wildman–Crippen MR) is 65.9 cm³/mol. The molecule has 0 unspecified atom stereocenters. The van der Waals surface area contributed by atoms with Crippen LogP contribution in [0.25, 0.3) is 5.69 Å². The molecule has 2 rings (SSSR count). The molecule has 1 aromatic heterocycles. The lowest BCUT2D eigenvalue weighted by atomic mass is 10.3. The average molecular weight is 248 g/mol. The fourth-order valence-corrected chi connectivity index (χ4v) is 1.90. The molecule has 1 amide bonds. The number of hydrogen-bond acceptors (Lipinski definition) is 4. The van der Waals surface area contributed by atoms with Gasteiger partial charge in [-0.3, -0.25) is 4.79 Å². The van der Waals surface area contributed by atoms with Crippen molar-refractivity contribution in [2.45, 2.75) is 17.3 Å². The second-order valence-electron chi connectivity index (χ2n) is 3.47. The second kappa shape index (κ2) is 5.01. The minimum Gasteiger partial charge on any atom is -0.369 e. The third kappa shape index (κ3) is 2.85. The van der Waals surface area contributed by atoms with Gasteiger partial charge in [0.1, 0.15) is 6.33 Å². The summed E-state index contributed by atoms with van der Waals surface area (Å²) in [7, 11) is 0. The van der Waals surface area contributed by atoms with Crippen LogP contribution in [0.1, 0.15) is 6.92 Å². The van der Waals surface area contributed by atoms with E-state index in [2.05, 4.69) is 10.1 Å². The summed E-state index contributed by atoms with van der Waals surface area (Å²) in [4.78, 5) is 15.0. The zero-order valence-corrected chi connectivity index (χ0v) is 10.1. The summed E-state index contributed by atoms with van der Waals surface area (Å²) in [6.07, 6.45) is 1.62. The molecular formula is C11H12N4OS. The molecular weight excluding hydrogens is 236 g/mol. The van der Waals surface area contributed by atoms with Gasteiger partial charge in [-0.15, -0.1) is 5.10 Å². The summed E-state index contributed by atoms with van der Waals surface area (Å²) in [5.74, 6) is -0.369. The van der Waals surface area contributed by atoms with Crippen molar-refractivity contribution in [3.05, 3.63) is 36.7 Å². The monoisotopic (exact) mass is 248 g/mol. The van der Waals surface area contributed by atoms with E-state index in [4.69, 9.17) is 5.73 Å². The van der Waals surface area contributed by atoms with Crippen molar-refractivity contribution >= 4 is 17.7 Å². The largest absolute Gasteiger partial charge is 0.369 e. The van der Waals surface area contributed by atoms with Crippen LogP contribution in [0, 0.1) is 0 Å². The fraction of sp³-hybridized carbons (Fsp3) is 0.182. The summed E-state index contributed by atoms with van der Waals surface area (Å²) in [5.41, 5.74) is 6.11. The number of para-hydroxylation sites is 1. The van der Waals surface area contributed by atoms with Gasteiger partial charge in [-0.05, 0) is 19.1 Å². The molecule has 5 nitrogen and oxygen atoms in total. The molecule has 0 saturated heterocycles. The minimum atomic E-state index is -0.369. The van der Waals surface area contributed by atoms with Gasteiger partial charge in [0.15, 0.2) is 0 Å². The number of carbonyl (C=O) groups excluding carboxylic acids is 1. The summed E-state index contributed by atoms with van der Waals surface area (Å²) in [6, 6.07) is 9.65. The van der Waals surface area contributed by atoms with Gasteiger partial charge in [0, 0.05) is 0 Å². The van der Waals surface area contributed by atoms with Crippen molar-refractivity contribution < 1.29 is 4.79 Å². The fourth-order valence-electron chi connectivity index (χ4n) is 1.22. The Morgan fingerprint density at radius 3 is 2.76 bits per heavy atom. The van der Waals surface area contributed by atoms with Gasteiger partial charge in [0.25, 0.3) is 0 Å². The van der Waals surface area contributed by atoms with Gasteiger partial charge in [0.05, 0.1) is 10.9 Å². The summed E-state index contributed by atoms with van der Waals surface area (Å²) in [5, 5.41) is 4.47. The van der Waals surface area contributed by atoms with Crippen molar-refractivity contribution in [3.8, 4) is 5.69 Å². The lowest BCUT2D eigenvalue weighted by molar-refractivity contribution is -0.117. The SMILES string of the molecule is C[C@H](Sc1ncn(-c2ccccc2)n1)C(N)=O. The topological polar surface area (TPSA) is 73.8 Å². The minimum absolute atomic E-state index is 0.332. The summed E-state index contributed by atoms with van der Waals surface area (Å²) < 4.78 is 1.66. The van der Waals surface area contributed by atoms with Crippen molar-refractivity contribution in [2.75, 3.05) is 0 Å². The van der Waals surface area contributed by atoms with Crippen molar-refractivity contribution in [1.29, 1.82) is 0 Å². The Balaban J connectivity index is 2.14. The number of carbonyl (C=O) groups is 1. The Morgan fingerprint density at radius 2 is 2.12 bits per heavy atom. The van der Waals surface area contributed by atoms with E-state index in [1.54, 1.807) is 17.9 Å². The lowest BCUT2D eigenvalue weighted by Gasteiger charge is -2.02. The zero-order valence-electron chi connectivity index (χ0n) is 9.28. The highest BCUT2D eigenvalue weighted by molar-refractivity contribution is 8.00. The Bertz CT molecular complexity index is 511. The molecule has 88 valence electrons. The molecule has 0 aliphatic carbocycles. The highest BCUT2D eigenvalue weighted by Gasteiger charge is 2.13. The third-order valence-corrected chi connectivity index (χ3v) is 3.16. The van der Waals surface area contributed by atoms with E-state index < -0.39 is 0 Å². The maximum Gasteiger partial charge on any atom is 0.230 e. The third-order valence-electron chi connectivity index (χ3n) is 2.17. The van der Waals surface area contributed by atoms with Crippen LogP contribution in [0.2, 0.25) is 0 Å². The Hall–Kier alpha value is -1.82. The van der Waals surface area contributed by atoms with E-state index in [0.717, 1.165) is 5.69 Å². The molecule has 0 bridgehead atoms. The van der Waals surface area contributed by atoms with Crippen LogP contribution in [0.4, 0.5) is 0 Å². The van der Waals surface area contributed by atoms with E-state index in [-0.39, 0.29) is 11.2 Å². The molecule has 1 aromatic carbocycles. The number of aromatic nitrogens is 3. The van der Waals surface area contributed by atoms with E-state index in [1.165, 1.54) is 11.8 Å². The van der Waals surface area contributed by atoms with Gasteiger partial charge in [0.2, 0.25) is 11.1 Å². The van der Waals surface area contributed by atoms with Crippen LogP contribution >= 0.6 is 11.8 Å². The maximum absolute atomic E-state index is 10.9. The quantitative estimate of drug-likeness (QED) is 0.826. The van der Waals surface area contributed by atoms with Gasteiger partial charge in [-0.25, -0.2) is 9.67 Å². The van der Waals surface area contributed by atoms with Crippen LogP contribution < -0.4 is 5.73 Å². The normalized spacial score (nSPS) is 12.3. The number of benzene rings is 1. The Kier molecular flexibility index (Phi) is 3.43. The van der Waals surface area contributed by atoms with Crippen molar-refractivity contribution in [3.63, 3.8) is 0 Å². The molecule has 0 saturated carbocycles. The van der Waals surface area contributed by atoms with Gasteiger partial charge < -0.3 is 5.73 Å². The second-order valence-corrected chi connectivity index (χ2v) is 4.78. The summed E-state index contributed by atoms with van der Waals surface area (Å²) in [6.45, 7) is 1.73. The smallest absolute Gasteiger partial charge is 0.230 e. The number of nitrogens with two attached hydrogens (primary N) is 1. The first-order valence-corrected chi connectivity index (χ1v) is 5.98. The number of thioether (sulfide) groups is 1. The molecule has 0 aliphatic heterocycles. The Morgan fingerprint density at radius 1 is 1.41 bits per heavy atom. The van der Waals surface area contributed by atoms with E-state index >= 15 is 0 Å². The van der Waals surface area contributed by atoms with Crippen LogP contribution in [0.15, 0.2) is 41.8 Å². The average Bonchev–Trinajstić information content (AvgIpc) is 2.78. The van der Waals surface area contributed by atoms with Crippen molar-refractivity contribution in [1.82, 2.24) is 14.8 Å². The number of rotatable bonds is 4. The number of amides is 1. The van der Waals surface area contributed by atoms with Crippen LogP contribution in [0.5, 0.6) is 0 Å². The van der Waals surface area contributed by atoms with Gasteiger partial charge >= 0.3 is 0 Å². The first-order valence-electron chi connectivity index (χ1n) is 5.10. The molecule has 0 spiro atoms. The standard InChI is InChI=1S/C11H12N4OS/c1-8(10(12)16)17-11-13-7-15(14-11)9-5-3-2-4-6-9/h2-8H,1H3,(H2,12,16)/t8-/m0/s1. The zero-order chi connectivity index (χ0) is 12.3. The summed E-state index contributed by atoms with van der Waals surface area (Å²) >= 11 is 1.25. The maximum atomic E-state index is 10.9.